The molecule has 2 aromatic rings. The van der Waals surface area contributed by atoms with Crippen LogP contribution in [0.1, 0.15) is 52.1 Å². The summed E-state index contributed by atoms with van der Waals surface area (Å²) in [5.74, 6) is 0. The van der Waals surface area contributed by atoms with Crippen LogP contribution in [0, 0.1) is 13.8 Å². The van der Waals surface area contributed by atoms with Crippen LogP contribution in [-0.2, 0) is 6.42 Å². The fraction of sp³-hybridized carbons (Fsp3) is 0.571. The fourth-order valence-corrected chi connectivity index (χ4v) is 4.15. The second-order valence-electron chi connectivity index (χ2n) is 5.11. The van der Waals surface area contributed by atoms with Gasteiger partial charge in [0.1, 0.15) is 16.1 Å². The van der Waals surface area contributed by atoms with Crippen molar-refractivity contribution >= 4 is 22.7 Å². The summed E-state index contributed by atoms with van der Waals surface area (Å²) in [6.07, 6.45) is 3.58. The smallest absolute Gasteiger partial charge is 0.117 e. The van der Waals surface area contributed by atoms with Gasteiger partial charge in [0.25, 0.3) is 0 Å². The highest BCUT2D eigenvalue weighted by atomic mass is 32.1. The lowest BCUT2D eigenvalue weighted by atomic mass is 10.3. The van der Waals surface area contributed by atoms with Crippen molar-refractivity contribution in [3.05, 3.63) is 31.7 Å². The van der Waals surface area contributed by atoms with Crippen LogP contribution in [0.15, 0.2) is 5.38 Å². The Balaban J connectivity index is 1.92. The van der Waals surface area contributed by atoms with Gasteiger partial charge in [-0.3, -0.25) is 5.32 Å². The van der Waals surface area contributed by atoms with Crippen molar-refractivity contribution in [1.29, 1.82) is 0 Å². The average molecular weight is 293 g/mol. The number of thiazole rings is 2. The molecule has 1 fully saturated rings. The molecule has 2 heterocycles. The highest BCUT2D eigenvalue weighted by Gasteiger charge is 2.29. The Hall–Kier alpha value is -0.780. The Bertz CT molecular complexity index is 569. The summed E-state index contributed by atoms with van der Waals surface area (Å²) in [7, 11) is 0. The maximum absolute atomic E-state index is 4.82. The van der Waals surface area contributed by atoms with E-state index in [-0.39, 0.29) is 6.04 Å². The quantitative estimate of drug-likeness (QED) is 0.915. The predicted molar refractivity (Wildman–Crippen MR) is 81.1 cm³/mol. The number of nitrogens with one attached hydrogen (secondary N) is 1. The van der Waals surface area contributed by atoms with E-state index in [0.717, 1.165) is 17.1 Å². The minimum absolute atomic E-state index is 0.190. The third kappa shape index (κ3) is 2.88. The van der Waals surface area contributed by atoms with Gasteiger partial charge in [-0.2, -0.15) is 0 Å². The first-order valence-corrected chi connectivity index (χ1v) is 8.51. The normalized spacial score (nSPS) is 16.8. The Morgan fingerprint density at radius 1 is 1.32 bits per heavy atom. The van der Waals surface area contributed by atoms with Gasteiger partial charge in [0, 0.05) is 22.0 Å². The second kappa shape index (κ2) is 5.31. The van der Waals surface area contributed by atoms with Gasteiger partial charge in [-0.25, -0.2) is 9.97 Å². The molecule has 0 amide bonds. The van der Waals surface area contributed by atoms with Gasteiger partial charge >= 0.3 is 0 Å². The van der Waals surface area contributed by atoms with Gasteiger partial charge < -0.3 is 0 Å². The van der Waals surface area contributed by atoms with Crippen LogP contribution in [0.4, 0.5) is 0 Å². The summed E-state index contributed by atoms with van der Waals surface area (Å²) in [5, 5.41) is 8.15. The molecule has 1 N–H and O–H groups in total. The van der Waals surface area contributed by atoms with E-state index in [4.69, 9.17) is 4.98 Å². The molecular formula is C14H19N3S2. The molecule has 1 aliphatic carbocycles. The van der Waals surface area contributed by atoms with Crippen molar-refractivity contribution in [2.24, 2.45) is 0 Å². The molecule has 3 rings (SSSR count). The van der Waals surface area contributed by atoms with E-state index in [0.29, 0.717) is 6.04 Å². The van der Waals surface area contributed by atoms with Crippen molar-refractivity contribution in [1.82, 2.24) is 15.3 Å². The minimum Gasteiger partial charge on any atom is -0.299 e. The van der Waals surface area contributed by atoms with Gasteiger partial charge in [-0.15, -0.1) is 22.7 Å². The molecule has 1 aliphatic rings. The molecular weight excluding hydrogens is 274 g/mol. The third-order valence-corrected chi connectivity index (χ3v) is 5.46. The van der Waals surface area contributed by atoms with Crippen molar-refractivity contribution in [2.75, 3.05) is 0 Å². The zero-order chi connectivity index (χ0) is 13.4. The molecule has 0 bridgehead atoms. The number of nitrogens with zero attached hydrogens (tertiary/aromatic N) is 2. The molecule has 0 saturated heterocycles. The summed E-state index contributed by atoms with van der Waals surface area (Å²) in [6.45, 7) is 6.39. The maximum atomic E-state index is 4.82. The van der Waals surface area contributed by atoms with Gasteiger partial charge in [-0.05, 0) is 33.1 Å². The number of aryl methyl sites for hydroxylation is 3. The fourth-order valence-electron chi connectivity index (χ4n) is 2.14. The van der Waals surface area contributed by atoms with Crippen LogP contribution in [-0.4, -0.2) is 16.0 Å². The standard InChI is InChI=1S/C14H19N3S2/c1-4-11-9(3)19-14(17-11)12(16-10-5-6-10)13-15-8(2)7-18-13/h7,10,12,16H,4-6H2,1-3H3. The van der Waals surface area contributed by atoms with Crippen molar-refractivity contribution in [3.8, 4) is 0 Å². The highest BCUT2D eigenvalue weighted by molar-refractivity contribution is 7.12. The van der Waals surface area contributed by atoms with Crippen molar-refractivity contribution < 1.29 is 0 Å². The third-order valence-electron chi connectivity index (χ3n) is 3.35. The van der Waals surface area contributed by atoms with Crippen molar-refractivity contribution in [2.45, 2.75) is 52.1 Å². The number of rotatable bonds is 5. The average Bonchev–Trinajstić information content (AvgIpc) is 2.99. The van der Waals surface area contributed by atoms with Crippen molar-refractivity contribution in [3.63, 3.8) is 0 Å². The van der Waals surface area contributed by atoms with E-state index in [9.17, 15) is 0 Å². The van der Waals surface area contributed by atoms with Crippen LogP contribution in [0.2, 0.25) is 0 Å². The van der Waals surface area contributed by atoms with Gasteiger partial charge in [-0.1, -0.05) is 6.92 Å². The molecule has 1 unspecified atom stereocenters. The number of aromatic nitrogens is 2. The van der Waals surface area contributed by atoms with E-state index in [2.05, 4.69) is 36.5 Å². The summed E-state index contributed by atoms with van der Waals surface area (Å²) < 4.78 is 0. The van der Waals surface area contributed by atoms with E-state index in [1.807, 2.05) is 11.3 Å². The number of hydrogen-bond donors (Lipinski definition) is 1. The lowest BCUT2D eigenvalue weighted by Crippen LogP contribution is -2.24. The molecule has 2 aromatic heterocycles. The number of hydrogen-bond acceptors (Lipinski definition) is 5. The first kappa shape index (κ1) is 13.2. The molecule has 3 nitrogen and oxygen atoms in total. The van der Waals surface area contributed by atoms with E-state index < -0.39 is 0 Å². The lowest BCUT2D eigenvalue weighted by molar-refractivity contribution is 0.593. The Morgan fingerprint density at radius 2 is 2.11 bits per heavy atom. The second-order valence-corrected chi connectivity index (χ2v) is 7.23. The molecule has 5 heteroatoms. The molecule has 0 aliphatic heterocycles. The SMILES string of the molecule is CCc1nc(C(NC2CC2)c2nc(C)cs2)sc1C. The Kier molecular flexibility index (Phi) is 3.69. The minimum atomic E-state index is 0.190. The molecule has 19 heavy (non-hydrogen) atoms. The monoisotopic (exact) mass is 293 g/mol. The predicted octanol–water partition coefficient (Wildman–Crippen LogP) is 3.62. The summed E-state index contributed by atoms with van der Waals surface area (Å²) >= 11 is 3.55. The molecule has 1 atom stereocenters. The first-order chi connectivity index (χ1) is 9.17. The summed E-state index contributed by atoms with van der Waals surface area (Å²) in [4.78, 5) is 10.8. The van der Waals surface area contributed by atoms with Crippen LogP contribution < -0.4 is 5.32 Å². The zero-order valence-electron chi connectivity index (χ0n) is 11.6. The van der Waals surface area contributed by atoms with E-state index >= 15 is 0 Å². The molecule has 1 saturated carbocycles. The van der Waals surface area contributed by atoms with E-state index in [1.54, 1.807) is 11.3 Å². The van der Waals surface area contributed by atoms with Gasteiger partial charge in [0.05, 0.1) is 5.69 Å². The molecule has 102 valence electrons. The highest BCUT2D eigenvalue weighted by Crippen LogP contribution is 2.33. The van der Waals surface area contributed by atoms with Gasteiger partial charge in [0.15, 0.2) is 0 Å². The molecule has 0 radical (unpaired) electrons. The van der Waals surface area contributed by atoms with E-state index in [1.165, 1.54) is 28.4 Å². The molecule has 0 aromatic carbocycles. The molecule has 0 spiro atoms. The summed E-state index contributed by atoms with van der Waals surface area (Å²) in [5.41, 5.74) is 2.34. The lowest BCUT2D eigenvalue weighted by Gasteiger charge is -2.13. The Labute approximate surface area is 122 Å². The zero-order valence-corrected chi connectivity index (χ0v) is 13.2. The van der Waals surface area contributed by atoms with Crippen LogP contribution in [0.3, 0.4) is 0 Å². The summed E-state index contributed by atoms with van der Waals surface area (Å²) in [6, 6.07) is 0.846. The van der Waals surface area contributed by atoms with Gasteiger partial charge in [0.2, 0.25) is 0 Å². The van der Waals surface area contributed by atoms with Crippen LogP contribution in [0.25, 0.3) is 0 Å². The Morgan fingerprint density at radius 3 is 2.63 bits per heavy atom. The van der Waals surface area contributed by atoms with Crippen LogP contribution in [0.5, 0.6) is 0 Å². The van der Waals surface area contributed by atoms with Crippen LogP contribution >= 0.6 is 22.7 Å². The largest absolute Gasteiger partial charge is 0.299 e. The topological polar surface area (TPSA) is 37.8 Å². The maximum Gasteiger partial charge on any atom is 0.117 e. The first-order valence-electron chi connectivity index (χ1n) is 6.81.